The van der Waals surface area contributed by atoms with E-state index in [1.807, 2.05) is 13.8 Å². The fourth-order valence-corrected chi connectivity index (χ4v) is 4.92. The van der Waals surface area contributed by atoms with E-state index in [4.69, 9.17) is 10.5 Å². The predicted molar refractivity (Wildman–Crippen MR) is 85.9 cm³/mol. The molecule has 2 N–H and O–H groups in total. The minimum absolute atomic E-state index is 0.0795. The van der Waals surface area contributed by atoms with Gasteiger partial charge in [0, 0.05) is 18.6 Å². The minimum Gasteiger partial charge on any atom is -0.493 e. The molecule has 21 heavy (non-hydrogen) atoms. The number of ether oxygens (including phenoxy) is 1. The molecular weight excluding hydrogens is 356 g/mol. The smallest absolute Gasteiger partial charge is 0.243 e. The third-order valence-corrected chi connectivity index (χ3v) is 6.29. The van der Waals surface area contributed by atoms with Gasteiger partial charge in [0.15, 0.2) is 0 Å². The Labute approximate surface area is 134 Å². The lowest BCUT2D eigenvalue weighted by Crippen LogP contribution is -2.48. The van der Waals surface area contributed by atoms with Gasteiger partial charge in [-0.1, -0.05) is 0 Å². The van der Waals surface area contributed by atoms with E-state index >= 15 is 0 Å². The average Bonchev–Trinajstić information content (AvgIpc) is 2.40. The van der Waals surface area contributed by atoms with Crippen LogP contribution in [0.15, 0.2) is 27.6 Å². The third kappa shape index (κ3) is 3.59. The highest BCUT2D eigenvalue weighted by Crippen LogP contribution is 2.31. The van der Waals surface area contributed by atoms with Gasteiger partial charge in [0.05, 0.1) is 16.0 Å². The van der Waals surface area contributed by atoms with Crippen LogP contribution >= 0.6 is 15.9 Å². The second-order valence-corrected chi connectivity index (χ2v) is 8.02. The Kier molecular flexibility index (Phi) is 5.29. The molecule has 1 saturated heterocycles. The first-order chi connectivity index (χ1) is 9.86. The van der Waals surface area contributed by atoms with Crippen LogP contribution in [0.1, 0.15) is 26.7 Å². The Morgan fingerprint density at radius 1 is 1.48 bits per heavy atom. The summed E-state index contributed by atoms with van der Waals surface area (Å²) in [6.45, 7) is 4.79. The maximum atomic E-state index is 12.7. The van der Waals surface area contributed by atoms with Crippen molar-refractivity contribution in [2.24, 2.45) is 5.73 Å². The first kappa shape index (κ1) is 16.7. The van der Waals surface area contributed by atoms with E-state index in [2.05, 4.69) is 15.9 Å². The molecule has 0 spiro atoms. The van der Waals surface area contributed by atoms with Crippen LogP contribution in [-0.4, -0.2) is 38.0 Å². The van der Waals surface area contributed by atoms with Gasteiger partial charge in [-0.25, -0.2) is 8.42 Å². The summed E-state index contributed by atoms with van der Waals surface area (Å²) in [5.74, 6) is 0.644. The van der Waals surface area contributed by atoms with Crippen LogP contribution in [0.25, 0.3) is 0 Å². The zero-order chi connectivity index (χ0) is 15.6. The number of nitrogens with two attached hydrogens (primary N) is 1. The van der Waals surface area contributed by atoms with E-state index in [1.165, 1.54) is 0 Å². The van der Waals surface area contributed by atoms with E-state index in [0.29, 0.717) is 36.2 Å². The maximum absolute atomic E-state index is 12.7. The largest absolute Gasteiger partial charge is 0.493 e. The highest BCUT2D eigenvalue weighted by Gasteiger charge is 2.33. The summed E-state index contributed by atoms with van der Waals surface area (Å²) in [5.41, 5.74) is 5.90. The van der Waals surface area contributed by atoms with Crippen molar-refractivity contribution >= 4 is 26.0 Å². The monoisotopic (exact) mass is 376 g/mol. The van der Waals surface area contributed by atoms with Gasteiger partial charge in [-0.2, -0.15) is 4.31 Å². The van der Waals surface area contributed by atoms with Gasteiger partial charge in [-0.3, -0.25) is 0 Å². The van der Waals surface area contributed by atoms with E-state index in [9.17, 15) is 8.42 Å². The Balaban J connectivity index is 2.29. The molecule has 1 aromatic rings. The minimum atomic E-state index is -3.50. The normalized spacial score (nSPS) is 24.0. The van der Waals surface area contributed by atoms with Crippen LogP contribution in [-0.2, 0) is 10.0 Å². The maximum Gasteiger partial charge on any atom is 0.243 e. The van der Waals surface area contributed by atoms with E-state index in [-0.39, 0.29) is 17.0 Å². The van der Waals surface area contributed by atoms with Gasteiger partial charge < -0.3 is 10.5 Å². The number of rotatable bonds is 4. The van der Waals surface area contributed by atoms with Gasteiger partial charge in [0.25, 0.3) is 0 Å². The molecule has 0 aliphatic carbocycles. The van der Waals surface area contributed by atoms with Crippen LogP contribution in [0.5, 0.6) is 5.75 Å². The van der Waals surface area contributed by atoms with Crippen molar-refractivity contribution in [3.05, 3.63) is 22.7 Å². The molecular formula is C14H21BrN2O3S. The first-order valence-electron chi connectivity index (χ1n) is 7.06. The molecule has 1 aromatic carbocycles. The lowest BCUT2D eigenvalue weighted by Gasteiger charge is -2.35. The predicted octanol–water partition coefficient (Wildman–Crippen LogP) is 2.35. The molecule has 2 rings (SSSR count). The van der Waals surface area contributed by atoms with E-state index in [0.717, 1.165) is 0 Å². The van der Waals surface area contributed by atoms with Crippen molar-refractivity contribution in [2.45, 2.75) is 43.7 Å². The fraction of sp³-hybridized carbons (Fsp3) is 0.571. The second kappa shape index (κ2) is 6.64. The summed E-state index contributed by atoms with van der Waals surface area (Å²) in [6.07, 6.45) is 1.39. The van der Waals surface area contributed by atoms with Crippen molar-refractivity contribution < 1.29 is 13.2 Å². The Morgan fingerprint density at radius 2 is 2.19 bits per heavy atom. The highest BCUT2D eigenvalue weighted by atomic mass is 79.9. The van der Waals surface area contributed by atoms with Crippen LogP contribution in [0.3, 0.4) is 0 Å². The van der Waals surface area contributed by atoms with Crippen molar-refractivity contribution in [3.63, 3.8) is 0 Å². The number of piperidine rings is 1. The molecule has 0 amide bonds. The topological polar surface area (TPSA) is 72.6 Å². The standard InChI is InChI=1S/C14H21BrN2O3S/c1-3-20-14-5-4-12(9-13(14)15)21(18,19)17-7-6-11(16)8-10(17)2/h4-5,9-11H,3,6-8,16H2,1-2H3/t10-,11+/m1/s1. The molecule has 7 heteroatoms. The zero-order valence-corrected chi connectivity index (χ0v) is 14.7. The van der Waals surface area contributed by atoms with Gasteiger partial charge in [0.1, 0.15) is 5.75 Å². The molecule has 0 aromatic heterocycles. The molecule has 1 heterocycles. The number of hydrogen-bond donors (Lipinski definition) is 1. The van der Waals surface area contributed by atoms with Crippen LogP contribution in [0.4, 0.5) is 0 Å². The molecule has 0 radical (unpaired) electrons. The fourth-order valence-electron chi connectivity index (χ4n) is 2.59. The average molecular weight is 377 g/mol. The summed E-state index contributed by atoms with van der Waals surface area (Å²) in [4.78, 5) is 0.278. The summed E-state index contributed by atoms with van der Waals surface area (Å²) >= 11 is 3.36. The molecule has 1 fully saturated rings. The van der Waals surface area contributed by atoms with E-state index in [1.54, 1.807) is 22.5 Å². The van der Waals surface area contributed by atoms with Crippen molar-refractivity contribution in [1.82, 2.24) is 4.31 Å². The first-order valence-corrected chi connectivity index (χ1v) is 9.29. The van der Waals surface area contributed by atoms with Crippen molar-refractivity contribution in [3.8, 4) is 5.75 Å². The van der Waals surface area contributed by atoms with Crippen molar-refractivity contribution in [2.75, 3.05) is 13.2 Å². The van der Waals surface area contributed by atoms with Gasteiger partial charge in [-0.15, -0.1) is 0 Å². The number of halogens is 1. The van der Waals surface area contributed by atoms with Crippen molar-refractivity contribution in [1.29, 1.82) is 0 Å². The number of hydrogen-bond acceptors (Lipinski definition) is 4. The highest BCUT2D eigenvalue weighted by molar-refractivity contribution is 9.10. The molecule has 0 saturated carbocycles. The quantitative estimate of drug-likeness (QED) is 0.874. The van der Waals surface area contributed by atoms with Crippen LogP contribution < -0.4 is 10.5 Å². The number of nitrogens with zero attached hydrogens (tertiary/aromatic N) is 1. The molecule has 1 aliphatic rings. The van der Waals surface area contributed by atoms with E-state index < -0.39 is 10.0 Å². The third-order valence-electron chi connectivity index (χ3n) is 3.67. The summed E-state index contributed by atoms with van der Waals surface area (Å²) < 4.78 is 33.1. The number of sulfonamides is 1. The summed E-state index contributed by atoms with van der Waals surface area (Å²) in [7, 11) is -3.50. The molecule has 5 nitrogen and oxygen atoms in total. The SMILES string of the molecule is CCOc1ccc(S(=O)(=O)N2CC[C@H](N)C[C@H]2C)cc1Br. The van der Waals surface area contributed by atoms with Gasteiger partial charge in [-0.05, 0) is 60.8 Å². The molecule has 118 valence electrons. The molecule has 2 atom stereocenters. The van der Waals surface area contributed by atoms with Crippen LogP contribution in [0, 0.1) is 0 Å². The van der Waals surface area contributed by atoms with Gasteiger partial charge >= 0.3 is 0 Å². The lowest BCUT2D eigenvalue weighted by atomic mass is 10.0. The summed E-state index contributed by atoms with van der Waals surface area (Å²) in [6, 6.07) is 4.87. The molecule has 0 unspecified atom stereocenters. The zero-order valence-electron chi connectivity index (χ0n) is 12.3. The molecule has 0 bridgehead atoms. The Hall–Kier alpha value is -0.630. The van der Waals surface area contributed by atoms with Crippen LogP contribution in [0.2, 0.25) is 0 Å². The van der Waals surface area contributed by atoms with Gasteiger partial charge in [0.2, 0.25) is 10.0 Å². The Bertz CT molecular complexity index is 606. The lowest BCUT2D eigenvalue weighted by molar-refractivity contribution is 0.247. The Morgan fingerprint density at radius 3 is 2.76 bits per heavy atom. The molecule has 1 aliphatic heterocycles. The summed E-state index contributed by atoms with van der Waals surface area (Å²) in [5, 5.41) is 0. The second-order valence-electron chi connectivity index (χ2n) is 5.27. The number of benzene rings is 1.